The van der Waals surface area contributed by atoms with Gasteiger partial charge in [-0.15, -0.1) is 0 Å². The van der Waals surface area contributed by atoms with Gasteiger partial charge in [-0.2, -0.15) is 0 Å². The fraction of sp³-hybridized carbons (Fsp3) is 0.538. The second-order valence-electron chi connectivity index (χ2n) is 4.68. The van der Waals surface area contributed by atoms with Crippen LogP contribution in [-0.4, -0.2) is 43.6 Å². The third-order valence-corrected chi connectivity index (χ3v) is 3.28. The molecular weight excluding hydrogens is 310 g/mol. The molecule has 0 spiro atoms. The maximum Gasteiger partial charge on any atom is 0.293 e. The first kappa shape index (κ1) is 15.9. The van der Waals surface area contributed by atoms with Crippen molar-refractivity contribution in [3.8, 4) is 0 Å². The molecule has 0 aliphatic heterocycles. The van der Waals surface area contributed by atoms with Gasteiger partial charge in [-0.1, -0.05) is 22.9 Å². The van der Waals surface area contributed by atoms with E-state index in [1.54, 1.807) is 6.07 Å². The van der Waals surface area contributed by atoms with Gasteiger partial charge in [-0.25, -0.2) is 0 Å². The van der Waals surface area contributed by atoms with Crippen molar-refractivity contribution in [1.29, 1.82) is 0 Å². The molecule has 0 aromatic heterocycles. The first-order valence-electron chi connectivity index (χ1n) is 6.29. The van der Waals surface area contributed by atoms with E-state index < -0.39 is 0 Å². The van der Waals surface area contributed by atoms with E-state index in [2.05, 4.69) is 32.7 Å². The lowest BCUT2D eigenvalue weighted by Crippen LogP contribution is -2.32. The van der Waals surface area contributed by atoms with Crippen molar-refractivity contribution in [1.82, 2.24) is 4.90 Å². The molecule has 0 bridgehead atoms. The standard InChI is InChI=1S/C13H20BrN3O2/c1-4-7-16(9-8-15(2)3)12-6-5-11(14)10-13(12)17(18)19/h5-6,10H,4,7-9H2,1-3H3. The van der Waals surface area contributed by atoms with Crippen molar-refractivity contribution in [2.75, 3.05) is 38.6 Å². The number of anilines is 1. The highest BCUT2D eigenvalue weighted by atomic mass is 79.9. The molecule has 0 fully saturated rings. The van der Waals surface area contributed by atoms with Crippen LogP contribution >= 0.6 is 15.9 Å². The third-order valence-electron chi connectivity index (χ3n) is 2.79. The maximum atomic E-state index is 11.2. The average molecular weight is 330 g/mol. The fourth-order valence-corrected chi connectivity index (χ4v) is 2.20. The van der Waals surface area contributed by atoms with E-state index >= 15 is 0 Å². The number of hydrogen-bond acceptors (Lipinski definition) is 4. The number of nitro benzene ring substituents is 1. The topological polar surface area (TPSA) is 49.6 Å². The summed E-state index contributed by atoms with van der Waals surface area (Å²) in [6.45, 7) is 4.54. The number of benzene rings is 1. The Hall–Kier alpha value is -1.14. The van der Waals surface area contributed by atoms with Gasteiger partial charge in [0.2, 0.25) is 0 Å². The van der Waals surface area contributed by atoms with Crippen LogP contribution < -0.4 is 4.90 Å². The lowest BCUT2D eigenvalue weighted by Gasteiger charge is -2.25. The van der Waals surface area contributed by atoms with Crippen LogP contribution in [0.25, 0.3) is 0 Å². The van der Waals surface area contributed by atoms with Crippen molar-refractivity contribution in [2.24, 2.45) is 0 Å². The predicted octanol–water partition coefficient (Wildman–Crippen LogP) is 3.14. The van der Waals surface area contributed by atoms with Gasteiger partial charge in [0.15, 0.2) is 0 Å². The summed E-state index contributed by atoms with van der Waals surface area (Å²) < 4.78 is 0.729. The molecule has 5 nitrogen and oxygen atoms in total. The number of likely N-dealkylation sites (N-methyl/N-ethyl adjacent to an activating group) is 1. The summed E-state index contributed by atoms with van der Waals surface area (Å²) in [6.07, 6.45) is 0.959. The Bertz CT molecular complexity index is 438. The molecule has 1 rings (SSSR count). The SMILES string of the molecule is CCCN(CCN(C)C)c1ccc(Br)cc1[N+](=O)[O-]. The normalized spacial score (nSPS) is 10.8. The number of rotatable bonds is 7. The lowest BCUT2D eigenvalue weighted by molar-refractivity contribution is -0.384. The van der Waals surface area contributed by atoms with E-state index in [-0.39, 0.29) is 10.6 Å². The van der Waals surface area contributed by atoms with Gasteiger partial charge in [-0.05, 0) is 32.6 Å². The first-order valence-corrected chi connectivity index (χ1v) is 7.08. The largest absolute Gasteiger partial charge is 0.365 e. The molecule has 0 unspecified atom stereocenters. The van der Waals surface area contributed by atoms with Crippen molar-refractivity contribution in [2.45, 2.75) is 13.3 Å². The Balaban J connectivity index is 3.03. The highest BCUT2D eigenvalue weighted by molar-refractivity contribution is 9.10. The zero-order chi connectivity index (χ0) is 14.4. The summed E-state index contributed by atoms with van der Waals surface area (Å²) in [6, 6.07) is 5.22. The van der Waals surface area contributed by atoms with E-state index in [0.29, 0.717) is 5.69 Å². The first-order chi connectivity index (χ1) is 8.95. The average Bonchev–Trinajstić information content (AvgIpc) is 2.34. The van der Waals surface area contributed by atoms with Crippen molar-refractivity contribution in [3.63, 3.8) is 0 Å². The Morgan fingerprint density at radius 2 is 1.95 bits per heavy atom. The van der Waals surface area contributed by atoms with Crippen LogP contribution in [0.3, 0.4) is 0 Å². The Morgan fingerprint density at radius 1 is 1.26 bits per heavy atom. The van der Waals surface area contributed by atoms with Gasteiger partial charge in [0, 0.05) is 30.2 Å². The molecule has 19 heavy (non-hydrogen) atoms. The van der Waals surface area contributed by atoms with Crippen molar-refractivity contribution < 1.29 is 4.92 Å². The summed E-state index contributed by atoms with van der Waals surface area (Å²) in [5.74, 6) is 0. The van der Waals surface area contributed by atoms with Crippen LogP contribution in [0.2, 0.25) is 0 Å². The summed E-state index contributed by atoms with van der Waals surface area (Å²) in [4.78, 5) is 15.0. The smallest absolute Gasteiger partial charge is 0.293 e. The van der Waals surface area contributed by atoms with Gasteiger partial charge in [0.05, 0.1) is 4.92 Å². The van der Waals surface area contributed by atoms with E-state index in [1.807, 2.05) is 26.2 Å². The van der Waals surface area contributed by atoms with Gasteiger partial charge < -0.3 is 9.80 Å². The minimum atomic E-state index is -0.321. The predicted molar refractivity (Wildman–Crippen MR) is 81.9 cm³/mol. The van der Waals surface area contributed by atoms with E-state index in [1.165, 1.54) is 0 Å². The monoisotopic (exact) mass is 329 g/mol. The number of nitro groups is 1. The molecule has 1 aromatic rings. The molecule has 0 aliphatic rings. The minimum absolute atomic E-state index is 0.154. The Morgan fingerprint density at radius 3 is 2.47 bits per heavy atom. The van der Waals surface area contributed by atoms with E-state index in [9.17, 15) is 10.1 Å². The van der Waals surface area contributed by atoms with Crippen LogP contribution in [0, 0.1) is 10.1 Å². The fourth-order valence-electron chi connectivity index (χ4n) is 1.85. The molecule has 6 heteroatoms. The van der Waals surface area contributed by atoms with Gasteiger partial charge >= 0.3 is 0 Å². The molecule has 0 saturated carbocycles. The van der Waals surface area contributed by atoms with Gasteiger partial charge in [0.1, 0.15) is 5.69 Å². The molecular formula is C13H20BrN3O2. The second kappa shape index (κ2) is 7.45. The second-order valence-corrected chi connectivity index (χ2v) is 5.60. The van der Waals surface area contributed by atoms with Crippen molar-refractivity contribution >= 4 is 27.3 Å². The lowest BCUT2D eigenvalue weighted by atomic mass is 10.2. The quantitative estimate of drug-likeness (QED) is 0.569. The van der Waals surface area contributed by atoms with Crippen LogP contribution in [0.15, 0.2) is 22.7 Å². The minimum Gasteiger partial charge on any atom is -0.365 e. The summed E-state index contributed by atoms with van der Waals surface area (Å²) in [7, 11) is 4.00. The molecule has 106 valence electrons. The Labute approximate surface area is 122 Å². The highest BCUT2D eigenvalue weighted by Gasteiger charge is 2.19. The molecule has 0 saturated heterocycles. The third kappa shape index (κ3) is 4.80. The molecule has 0 aliphatic carbocycles. The number of halogens is 1. The number of hydrogen-bond donors (Lipinski definition) is 0. The molecule has 0 heterocycles. The molecule has 0 amide bonds. The highest BCUT2D eigenvalue weighted by Crippen LogP contribution is 2.31. The van der Waals surface area contributed by atoms with E-state index in [0.717, 1.165) is 30.5 Å². The Kier molecular flexibility index (Phi) is 6.24. The molecule has 1 aromatic carbocycles. The van der Waals surface area contributed by atoms with Gasteiger partial charge in [0.25, 0.3) is 5.69 Å². The molecule has 0 radical (unpaired) electrons. The number of nitrogens with zero attached hydrogens (tertiary/aromatic N) is 3. The summed E-state index contributed by atoms with van der Waals surface area (Å²) >= 11 is 3.28. The van der Waals surface area contributed by atoms with Crippen LogP contribution in [0.4, 0.5) is 11.4 Å². The van der Waals surface area contributed by atoms with Crippen LogP contribution in [-0.2, 0) is 0 Å². The van der Waals surface area contributed by atoms with Crippen molar-refractivity contribution in [3.05, 3.63) is 32.8 Å². The zero-order valence-electron chi connectivity index (χ0n) is 11.6. The summed E-state index contributed by atoms with van der Waals surface area (Å²) in [5, 5.41) is 11.2. The molecule has 0 atom stereocenters. The zero-order valence-corrected chi connectivity index (χ0v) is 13.2. The van der Waals surface area contributed by atoms with Crippen LogP contribution in [0.5, 0.6) is 0 Å². The molecule has 0 N–H and O–H groups in total. The van der Waals surface area contributed by atoms with Crippen LogP contribution in [0.1, 0.15) is 13.3 Å². The van der Waals surface area contributed by atoms with Gasteiger partial charge in [-0.3, -0.25) is 10.1 Å². The van der Waals surface area contributed by atoms with E-state index in [4.69, 9.17) is 0 Å². The summed E-state index contributed by atoms with van der Waals surface area (Å²) in [5.41, 5.74) is 0.846. The maximum absolute atomic E-state index is 11.2.